The number of hydrogen-bond acceptors (Lipinski definition) is 1. The number of carboxylic acids is 1. The lowest BCUT2D eigenvalue weighted by molar-refractivity contribution is -0.137. The highest BCUT2D eigenvalue weighted by Crippen LogP contribution is 2.29. The van der Waals surface area contributed by atoms with Gasteiger partial charge in [0.05, 0.1) is 6.42 Å². The molecule has 1 N–H and O–H groups in total. The number of fused-ring (bicyclic) bond motifs is 1. The van der Waals surface area contributed by atoms with E-state index in [1.807, 2.05) is 19.1 Å². The highest BCUT2D eigenvalue weighted by Gasteiger charge is 2.15. The zero-order valence-electron chi connectivity index (χ0n) is 10.2. The van der Waals surface area contributed by atoms with Crippen molar-refractivity contribution in [1.29, 1.82) is 0 Å². The van der Waals surface area contributed by atoms with Gasteiger partial charge in [0.2, 0.25) is 0 Å². The number of aliphatic carboxylic acids is 1. The van der Waals surface area contributed by atoms with Crippen molar-refractivity contribution in [2.45, 2.75) is 32.7 Å². The molecule has 0 amide bonds. The lowest BCUT2D eigenvalue weighted by Gasteiger charge is -2.06. The van der Waals surface area contributed by atoms with Crippen molar-refractivity contribution in [3.8, 4) is 0 Å². The van der Waals surface area contributed by atoms with Gasteiger partial charge in [0.25, 0.3) is 0 Å². The number of hydrogen-bond donors (Lipinski definition) is 1. The number of carbonyl (C=O) groups is 1. The Labute approximate surface area is 101 Å². The van der Waals surface area contributed by atoms with E-state index in [2.05, 4.69) is 29.8 Å². The summed E-state index contributed by atoms with van der Waals surface area (Å²) in [7, 11) is 0. The van der Waals surface area contributed by atoms with Crippen LogP contribution in [0.25, 0.3) is 10.9 Å². The minimum Gasteiger partial charge on any atom is -0.481 e. The minimum atomic E-state index is -0.745. The topological polar surface area (TPSA) is 42.2 Å². The molecule has 2 aromatic rings. The van der Waals surface area contributed by atoms with E-state index >= 15 is 0 Å². The van der Waals surface area contributed by atoms with Crippen LogP contribution in [0, 0.1) is 0 Å². The Morgan fingerprint density at radius 1 is 1.41 bits per heavy atom. The zero-order valence-corrected chi connectivity index (χ0v) is 10.2. The Morgan fingerprint density at radius 2 is 2.12 bits per heavy atom. The Hall–Kier alpha value is -1.77. The van der Waals surface area contributed by atoms with Crippen LogP contribution in [0.5, 0.6) is 0 Å². The Morgan fingerprint density at radius 3 is 2.76 bits per heavy atom. The highest BCUT2D eigenvalue weighted by molar-refractivity contribution is 5.85. The monoisotopic (exact) mass is 231 g/mol. The molecule has 0 bridgehead atoms. The van der Waals surface area contributed by atoms with Gasteiger partial charge in [-0.05, 0) is 24.5 Å². The van der Waals surface area contributed by atoms with Crippen LogP contribution in [0.15, 0.2) is 30.5 Å². The number of nitrogens with zero attached hydrogens (tertiary/aromatic N) is 1. The van der Waals surface area contributed by atoms with Gasteiger partial charge in [-0.25, -0.2) is 0 Å². The Bertz CT molecular complexity index is 542. The van der Waals surface area contributed by atoms with E-state index in [1.54, 1.807) is 0 Å². The SMILES string of the molecule is CCn1cc(C(C)CC(=O)O)c2ccccc21. The number of aryl methyl sites for hydroxylation is 1. The van der Waals surface area contributed by atoms with E-state index in [0.29, 0.717) is 0 Å². The molecule has 1 atom stereocenters. The molecule has 1 aromatic heterocycles. The molecule has 0 fully saturated rings. The lowest BCUT2D eigenvalue weighted by Crippen LogP contribution is -2.02. The molecule has 1 aromatic carbocycles. The van der Waals surface area contributed by atoms with Gasteiger partial charge in [-0.1, -0.05) is 25.1 Å². The van der Waals surface area contributed by atoms with E-state index < -0.39 is 5.97 Å². The summed E-state index contributed by atoms with van der Waals surface area (Å²) in [6.07, 6.45) is 2.26. The second-order valence-electron chi connectivity index (χ2n) is 4.39. The number of rotatable bonds is 4. The number of carboxylic acid groups (broad SMARTS) is 1. The first-order valence-electron chi connectivity index (χ1n) is 5.93. The highest BCUT2D eigenvalue weighted by atomic mass is 16.4. The van der Waals surface area contributed by atoms with Crippen LogP contribution in [0.2, 0.25) is 0 Å². The summed E-state index contributed by atoms with van der Waals surface area (Å²) in [4.78, 5) is 10.8. The minimum absolute atomic E-state index is 0.0465. The fourth-order valence-corrected chi connectivity index (χ4v) is 2.30. The molecule has 1 heterocycles. The van der Waals surface area contributed by atoms with Gasteiger partial charge in [-0.3, -0.25) is 4.79 Å². The third-order valence-corrected chi connectivity index (χ3v) is 3.17. The standard InChI is InChI=1S/C14H17NO2/c1-3-15-9-12(10(2)8-14(16)17)11-6-4-5-7-13(11)15/h4-7,9-10H,3,8H2,1-2H3,(H,16,17). The number of benzene rings is 1. The molecule has 3 nitrogen and oxygen atoms in total. The maximum atomic E-state index is 10.8. The van der Waals surface area contributed by atoms with Crippen LogP contribution in [-0.2, 0) is 11.3 Å². The molecule has 0 aliphatic carbocycles. The van der Waals surface area contributed by atoms with Crippen LogP contribution >= 0.6 is 0 Å². The molecule has 1 unspecified atom stereocenters. The molecule has 90 valence electrons. The lowest BCUT2D eigenvalue weighted by atomic mass is 9.97. The van der Waals surface area contributed by atoms with Crippen LogP contribution in [0.4, 0.5) is 0 Å². The first kappa shape index (κ1) is 11.7. The third-order valence-electron chi connectivity index (χ3n) is 3.17. The van der Waals surface area contributed by atoms with E-state index in [0.717, 1.165) is 12.1 Å². The average molecular weight is 231 g/mol. The molecule has 0 radical (unpaired) electrons. The summed E-state index contributed by atoms with van der Waals surface area (Å²) in [6, 6.07) is 8.16. The van der Waals surface area contributed by atoms with Crippen LogP contribution in [0.1, 0.15) is 31.7 Å². The maximum Gasteiger partial charge on any atom is 0.303 e. The van der Waals surface area contributed by atoms with Crippen molar-refractivity contribution in [2.24, 2.45) is 0 Å². The quantitative estimate of drug-likeness (QED) is 0.877. The van der Waals surface area contributed by atoms with Crippen molar-refractivity contribution in [3.63, 3.8) is 0 Å². The Balaban J connectivity index is 2.50. The summed E-state index contributed by atoms with van der Waals surface area (Å²) in [5.74, 6) is -0.698. The molecule has 0 saturated carbocycles. The van der Waals surface area contributed by atoms with E-state index in [4.69, 9.17) is 5.11 Å². The first-order valence-corrected chi connectivity index (χ1v) is 5.93. The largest absolute Gasteiger partial charge is 0.481 e. The smallest absolute Gasteiger partial charge is 0.303 e. The second kappa shape index (κ2) is 4.62. The van der Waals surface area contributed by atoms with Gasteiger partial charge in [-0.2, -0.15) is 0 Å². The van der Waals surface area contributed by atoms with Crippen molar-refractivity contribution in [3.05, 3.63) is 36.0 Å². The molecular formula is C14H17NO2. The summed E-state index contributed by atoms with van der Waals surface area (Å²) < 4.78 is 2.17. The molecule has 0 saturated heterocycles. The van der Waals surface area contributed by atoms with E-state index in [-0.39, 0.29) is 12.3 Å². The van der Waals surface area contributed by atoms with E-state index in [1.165, 1.54) is 10.9 Å². The third kappa shape index (κ3) is 2.18. The van der Waals surface area contributed by atoms with Gasteiger partial charge >= 0.3 is 5.97 Å². The van der Waals surface area contributed by atoms with Crippen molar-refractivity contribution >= 4 is 16.9 Å². The molecule has 0 aliphatic heterocycles. The normalized spacial score (nSPS) is 12.8. The molecule has 0 aliphatic rings. The van der Waals surface area contributed by atoms with Gasteiger partial charge in [0, 0.05) is 23.6 Å². The van der Waals surface area contributed by atoms with Gasteiger partial charge < -0.3 is 9.67 Å². The molecular weight excluding hydrogens is 214 g/mol. The fraction of sp³-hybridized carbons (Fsp3) is 0.357. The molecule has 2 rings (SSSR count). The fourth-order valence-electron chi connectivity index (χ4n) is 2.30. The molecule has 0 spiro atoms. The van der Waals surface area contributed by atoms with Crippen LogP contribution in [-0.4, -0.2) is 15.6 Å². The van der Waals surface area contributed by atoms with E-state index in [9.17, 15) is 4.79 Å². The van der Waals surface area contributed by atoms with Gasteiger partial charge in [0.1, 0.15) is 0 Å². The summed E-state index contributed by atoms with van der Waals surface area (Å²) in [5, 5.41) is 10.0. The van der Waals surface area contributed by atoms with Gasteiger partial charge in [-0.15, -0.1) is 0 Å². The van der Waals surface area contributed by atoms with Crippen molar-refractivity contribution in [2.75, 3.05) is 0 Å². The summed E-state index contributed by atoms with van der Waals surface area (Å²) in [6.45, 7) is 4.97. The van der Waals surface area contributed by atoms with Crippen molar-refractivity contribution < 1.29 is 9.90 Å². The Kier molecular flexibility index (Phi) is 3.18. The van der Waals surface area contributed by atoms with Crippen molar-refractivity contribution in [1.82, 2.24) is 4.57 Å². The summed E-state index contributed by atoms with van der Waals surface area (Å²) >= 11 is 0. The summed E-state index contributed by atoms with van der Waals surface area (Å²) in [5.41, 5.74) is 2.31. The van der Waals surface area contributed by atoms with Crippen LogP contribution < -0.4 is 0 Å². The maximum absolute atomic E-state index is 10.8. The predicted octanol–water partition coefficient (Wildman–Crippen LogP) is 3.24. The average Bonchev–Trinajstić information content (AvgIpc) is 2.67. The second-order valence-corrected chi connectivity index (χ2v) is 4.39. The predicted molar refractivity (Wildman–Crippen MR) is 68.3 cm³/mol. The first-order chi connectivity index (χ1) is 8.13. The number of aromatic nitrogens is 1. The van der Waals surface area contributed by atoms with Crippen LogP contribution in [0.3, 0.4) is 0 Å². The number of para-hydroxylation sites is 1. The molecule has 17 heavy (non-hydrogen) atoms. The molecule has 3 heteroatoms. The van der Waals surface area contributed by atoms with Gasteiger partial charge in [0.15, 0.2) is 0 Å². The zero-order chi connectivity index (χ0) is 12.4.